The average Bonchev–Trinajstić information content (AvgIpc) is 3.49. The molecule has 5 nitrogen and oxygen atoms in total. The van der Waals surface area contributed by atoms with E-state index in [0.29, 0.717) is 28.7 Å². The highest BCUT2D eigenvalue weighted by Crippen LogP contribution is 2.30. The first-order valence-electron chi connectivity index (χ1n) is 8.57. The molecule has 0 heterocycles. The zero-order valence-corrected chi connectivity index (χ0v) is 15.6. The fourth-order valence-electron chi connectivity index (χ4n) is 2.44. The number of nitrogens with one attached hydrogen (secondary N) is 1. The van der Waals surface area contributed by atoms with Crippen LogP contribution in [-0.2, 0) is 11.4 Å². The van der Waals surface area contributed by atoms with Crippen LogP contribution < -0.4 is 14.8 Å². The van der Waals surface area contributed by atoms with E-state index in [-0.39, 0.29) is 17.5 Å². The number of nitriles is 1. The van der Waals surface area contributed by atoms with Gasteiger partial charge in [-0.15, -0.1) is 0 Å². The van der Waals surface area contributed by atoms with Crippen LogP contribution in [0, 0.1) is 11.3 Å². The van der Waals surface area contributed by atoms with E-state index in [1.807, 2.05) is 30.3 Å². The van der Waals surface area contributed by atoms with E-state index in [1.54, 1.807) is 31.4 Å². The molecule has 0 aromatic heterocycles. The highest BCUT2D eigenvalue weighted by atomic mass is 35.5. The Morgan fingerprint density at radius 1 is 1.26 bits per heavy atom. The summed E-state index contributed by atoms with van der Waals surface area (Å²) in [5.74, 6) is 0.755. The van der Waals surface area contributed by atoms with Crippen molar-refractivity contribution in [2.75, 3.05) is 7.11 Å². The highest BCUT2D eigenvalue weighted by molar-refractivity contribution is 6.30. The number of amides is 1. The molecule has 3 rings (SSSR count). The SMILES string of the molecule is COc1cc(/C=C(\C#N)C(=O)NC2CC2)ccc1OCc1ccc(Cl)cc1. The number of carbonyl (C=O) groups excluding carboxylic acids is 1. The Bertz CT molecular complexity index is 897. The second-order valence-electron chi connectivity index (χ2n) is 6.24. The van der Waals surface area contributed by atoms with Crippen LogP contribution in [0.1, 0.15) is 24.0 Å². The van der Waals surface area contributed by atoms with Crippen LogP contribution in [0.2, 0.25) is 5.02 Å². The first-order valence-corrected chi connectivity index (χ1v) is 8.95. The van der Waals surface area contributed by atoms with Gasteiger partial charge in [0.05, 0.1) is 7.11 Å². The van der Waals surface area contributed by atoms with Gasteiger partial charge in [-0.05, 0) is 54.3 Å². The third-order valence-corrected chi connectivity index (χ3v) is 4.34. The minimum Gasteiger partial charge on any atom is -0.493 e. The van der Waals surface area contributed by atoms with E-state index in [0.717, 1.165) is 18.4 Å². The Morgan fingerprint density at radius 3 is 2.63 bits per heavy atom. The predicted octanol–water partition coefficient (Wildman–Crippen LogP) is 4.11. The maximum atomic E-state index is 12.1. The molecule has 0 unspecified atom stereocenters. The van der Waals surface area contributed by atoms with E-state index in [2.05, 4.69) is 5.32 Å². The van der Waals surface area contributed by atoms with E-state index in [4.69, 9.17) is 21.1 Å². The molecule has 1 amide bonds. The molecule has 6 heteroatoms. The van der Waals surface area contributed by atoms with E-state index >= 15 is 0 Å². The number of benzene rings is 2. The van der Waals surface area contributed by atoms with Gasteiger partial charge in [-0.1, -0.05) is 29.8 Å². The summed E-state index contributed by atoms with van der Waals surface area (Å²) in [6, 6.07) is 14.8. The maximum Gasteiger partial charge on any atom is 0.262 e. The van der Waals surface area contributed by atoms with Crippen LogP contribution in [0.4, 0.5) is 0 Å². The molecule has 1 aliphatic rings. The fraction of sp³-hybridized carbons (Fsp3) is 0.238. The first-order chi connectivity index (χ1) is 13.1. The van der Waals surface area contributed by atoms with Gasteiger partial charge in [-0.2, -0.15) is 5.26 Å². The third kappa shape index (κ3) is 5.25. The number of methoxy groups -OCH3 is 1. The van der Waals surface area contributed by atoms with Gasteiger partial charge in [0, 0.05) is 11.1 Å². The molecular formula is C21H19ClN2O3. The van der Waals surface area contributed by atoms with E-state index < -0.39 is 0 Å². The second kappa shape index (κ2) is 8.61. The fourth-order valence-corrected chi connectivity index (χ4v) is 2.57. The summed E-state index contributed by atoms with van der Waals surface area (Å²) in [5.41, 5.74) is 1.74. The number of nitrogens with zero attached hydrogens (tertiary/aromatic N) is 1. The summed E-state index contributed by atoms with van der Waals surface area (Å²) >= 11 is 5.88. The molecule has 1 fully saturated rings. The highest BCUT2D eigenvalue weighted by Gasteiger charge is 2.24. The van der Waals surface area contributed by atoms with Crippen molar-refractivity contribution in [2.45, 2.75) is 25.5 Å². The summed E-state index contributed by atoms with van der Waals surface area (Å²) in [6.07, 6.45) is 3.49. The first kappa shape index (κ1) is 18.8. The molecule has 0 spiro atoms. The van der Waals surface area contributed by atoms with Crippen molar-refractivity contribution < 1.29 is 14.3 Å². The minimum atomic E-state index is -0.345. The lowest BCUT2D eigenvalue weighted by Crippen LogP contribution is -2.26. The number of halogens is 1. The molecule has 0 radical (unpaired) electrons. The van der Waals surface area contributed by atoms with Gasteiger partial charge >= 0.3 is 0 Å². The van der Waals surface area contributed by atoms with Crippen molar-refractivity contribution in [3.8, 4) is 17.6 Å². The van der Waals surface area contributed by atoms with Gasteiger partial charge < -0.3 is 14.8 Å². The lowest BCUT2D eigenvalue weighted by molar-refractivity contribution is -0.117. The molecule has 27 heavy (non-hydrogen) atoms. The predicted molar refractivity (Wildman–Crippen MR) is 104 cm³/mol. The second-order valence-corrected chi connectivity index (χ2v) is 6.68. The lowest BCUT2D eigenvalue weighted by Gasteiger charge is -2.12. The van der Waals surface area contributed by atoms with Crippen molar-refractivity contribution in [1.82, 2.24) is 5.32 Å². The average molecular weight is 383 g/mol. The van der Waals surface area contributed by atoms with Crippen molar-refractivity contribution in [3.63, 3.8) is 0 Å². The molecule has 1 saturated carbocycles. The van der Waals surface area contributed by atoms with Crippen LogP contribution in [0.3, 0.4) is 0 Å². The van der Waals surface area contributed by atoms with Gasteiger partial charge in [0.2, 0.25) is 0 Å². The number of rotatable bonds is 7. The Balaban J connectivity index is 1.72. The van der Waals surface area contributed by atoms with Gasteiger partial charge in [-0.25, -0.2) is 0 Å². The number of carbonyl (C=O) groups is 1. The quantitative estimate of drug-likeness (QED) is 0.577. The molecule has 0 bridgehead atoms. The van der Waals surface area contributed by atoms with Crippen LogP contribution >= 0.6 is 11.6 Å². The van der Waals surface area contributed by atoms with Crippen LogP contribution in [0.25, 0.3) is 6.08 Å². The van der Waals surface area contributed by atoms with Gasteiger partial charge in [-0.3, -0.25) is 4.79 Å². The van der Waals surface area contributed by atoms with E-state index in [9.17, 15) is 10.1 Å². The molecule has 2 aromatic carbocycles. The zero-order chi connectivity index (χ0) is 19.2. The Hall–Kier alpha value is -2.97. The Morgan fingerprint density at radius 2 is 2.00 bits per heavy atom. The normalized spacial score (nSPS) is 13.6. The lowest BCUT2D eigenvalue weighted by atomic mass is 10.1. The molecule has 0 aliphatic heterocycles. The molecule has 138 valence electrons. The van der Waals surface area contributed by atoms with Gasteiger partial charge in [0.1, 0.15) is 18.2 Å². The van der Waals surface area contributed by atoms with E-state index in [1.165, 1.54) is 0 Å². The third-order valence-electron chi connectivity index (χ3n) is 4.08. The van der Waals surface area contributed by atoms with Crippen LogP contribution in [-0.4, -0.2) is 19.1 Å². The molecular weight excluding hydrogens is 364 g/mol. The smallest absolute Gasteiger partial charge is 0.262 e. The topological polar surface area (TPSA) is 71.3 Å². The maximum absolute atomic E-state index is 12.1. The Labute approximate surface area is 163 Å². The zero-order valence-electron chi connectivity index (χ0n) is 14.9. The van der Waals surface area contributed by atoms with Crippen molar-refractivity contribution in [2.24, 2.45) is 0 Å². The van der Waals surface area contributed by atoms with Crippen molar-refractivity contribution in [1.29, 1.82) is 5.26 Å². The molecule has 0 saturated heterocycles. The molecule has 0 atom stereocenters. The summed E-state index contributed by atoms with van der Waals surface area (Å²) < 4.78 is 11.2. The summed E-state index contributed by atoms with van der Waals surface area (Å²) in [6.45, 7) is 0.371. The summed E-state index contributed by atoms with van der Waals surface area (Å²) in [7, 11) is 1.54. The standard InChI is InChI=1S/C21H19ClN2O3/c1-26-20-11-15(10-16(12-23)21(25)24-18-7-8-18)4-9-19(20)27-13-14-2-5-17(22)6-3-14/h2-6,9-11,18H,7-8,13H2,1H3,(H,24,25)/b16-10+. The molecule has 1 N–H and O–H groups in total. The summed E-state index contributed by atoms with van der Waals surface area (Å²) in [5, 5.41) is 12.7. The summed E-state index contributed by atoms with van der Waals surface area (Å²) in [4.78, 5) is 12.1. The number of ether oxygens (including phenoxy) is 2. The minimum absolute atomic E-state index is 0.0683. The van der Waals surface area contributed by atoms with Gasteiger partial charge in [0.25, 0.3) is 5.91 Å². The largest absolute Gasteiger partial charge is 0.493 e. The van der Waals surface area contributed by atoms with Gasteiger partial charge in [0.15, 0.2) is 11.5 Å². The Kier molecular flexibility index (Phi) is 6.00. The van der Waals surface area contributed by atoms with Crippen molar-refractivity contribution in [3.05, 3.63) is 64.2 Å². The molecule has 1 aliphatic carbocycles. The monoisotopic (exact) mass is 382 g/mol. The van der Waals surface area contributed by atoms with Crippen LogP contribution in [0.5, 0.6) is 11.5 Å². The number of hydrogen-bond acceptors (Lipinski definition) is 4. The van der Waals surface area contributed by atoms with Crippen LogP contribution in [0.15, 0.2) is 48.0 Å². The molecule has 2 aromatic rings. The number of hydrogen-bond donors (Lipinski definition) is 1. The van der Waals surface area contributed by atoms with Crippen molar-refractivity contribution >= 4 is 23.6 Å².